The van der Waals surface area contributed by atoms with Crippen LogP contribution in [0.4, 0.5) is 0 Å². The van der Waals surface area contributed by atoms with Crippen LogP contribution in [0.15, 0.2) is 12.7 Å². The summed E-state index contributed by atoms with van der Waals surface area (Å²) >= 11 is 5.23. The highest BCUT2D eigenvalue weighted by Gasteiger charge is 2.10. The molecule has 3 heteroatoms. The van der Waals surface area contributed by atoms with Gasteiger partial charge in [-0.15, -0.1) is 6.58 Å². The third-order valence-corrected chi connectivity index (χ3v) is 2.32. The van der Waals surface area contributed by atoms with Crippen LogP contribution in [0.1, 0.15) is 12.8 Å². The monoisotopic (exact) mass is 185 g/mol. The van der Waals surface area contributed by atoms with Gasteiger partial charge in [-0.3, -0.25) is 0 Å². The summed E-state index contributed by atoms with van der Waals surface area (Å²) in [4.78, 5) is 3.21. The standard InChI is InChI=1S/C9H15NOS/c1-2-4-9(12)10-5-3-7-11-8-6-10/h2H,1,3-8H2. The maximum atomic E-state index is 5.33. The Hall–Kier alpha value is -0.410. The van der Waals surface area contributed by atoms with Crippen LogP contribution in [0.5, 0.6) is 0 Å². The molecule has 0 aliphatic carbocycles. The van der Waals surface area contributed by atoms with Gasteiger partial charge in [0.05, 0.1) is 11.6 Å². The molecule has 12 heavy (non-hydrogen) atoms. The zero-order chi connectivity index (χ0) is 8.81. The Labute approximate surface area is 79.2 Å². The average Bonchev–Trinajstić information content (AvgIpc) is 2.32. The topological polar surface area (TPSA) is 12.5 Å². The van der Waals surface area contributed by atoms with E-state index in [1.807, 2.05) is 6.08 Å². The molecular weight excluding hydrogens is 170 g/mol. The molecule has 2 nitrogen and oxygen atoms in total. The molecular formula is C9H15NOS. The van der Waals surface area contributed by atoms with Gasteiger partial charge in [0, 0.05) is 26.1 Å². The molecule has 1 aliphatic rings. The number of rotatable bonds is 2. The van der Waals surface area contributed by atoms with Crippen molar-refractivity contribution in [3.05, 3.63) is 12.7 Å². The van der Waals surface area contributed by atoms with Crippen molar-refractivity contribution in [1.29, 1.82) is 0 Å². The maximum absolute atomic E-state index is 5.33. The average molecular weight is 185 g/mol. The number of hydrogen-bond acceptors (Lipinski definition) is 2. The van der Waals surface area contributed by atoms with Crippen LogP contribution < -0.4 is 0 Å². The van der Waals surface area contributed by atoms with Crippen molar-refractivity contribution in [2.75, 3.05) is 26.3 Å². The zero-order valence-electron chi connectivity index (χ0n) is 7.29. The fourth-order valence-corrected chi connectivity index (χ4v) is 1.55. The van der Waals surface area contributed by atoms with E-state index in [0.29, 0.717) is 0 Å². The van der Waals surface area contributed by atoms with Crippen molar-refractivity contribution in [3.8, 4) is 0 Å². The lowest BCUT2D eigenvalue weighted by Gasteiger charge is -2.21. The molecule has 0 saturated carbocycles. The number of hydrogen-bond donors (Lipinski definition) is 0. The lowest BCUT2D eigenvalue weighted by atomic mass is 10.3. The Morgan fingerprint density at radius 2 is 2.33 bits per heavy atom. The van der Waals surface area contributed by atoms with Crippen LogP contribution in [-0.4, -0.2) is 36.2 Å². The first-order valence-corrected chi connectivity index (χ1v) is 4.72. The Balaban J connectivity index is 2.37. The van der Waals surface area contributed by atoms with E-state index in [1.54, 1.807) is 0 Å². The second kappa shape index (κ2) is 5.27. The van der Waals surface area contributed by atoms with Crippen LogP contribution in [0, 0.1) is 0 Å². The summed E-state index contributed by atoms with van der Waals surface area (Å²) in [5.41, 5.74) is 0. The smallest absolute Gasteiger partial charge is 0.0818 e. The van der Waals surface area contributed by atoms with Gasteiger partial charge in [0.25, 0.3) is 0 Å². The van der Waals surface area contributed by atoms with Crippen molar-refractivity contribution in [3.63, 3.8) is 0 Å². The molecule has 0 spiro atoms. The van der Waals surface area contributed by atoms with Gasteiger partial charge in [0.2, 0.25) is 0 Å². The van der Waals surface area contributed by atoms with E-state index in [4.69, 9.17) is 17.0 Å². The van der Waals surface area contributed by atoms with Crippen molar-refractivity contribution in [2.45, 2.75) is 12.8 Å². The second-order valence-corrected chi connectivity index (χ2v) is 3.31. The molecule has 0 aromatic rings. The van der Waals surface area contributed by atoms with Gasteiger partial charge in [0.15, 0.2) is 0 Å². The van der Waals surface area contributed by atoms with Crippen LogP contribution >= 0.6 is 12.2 Å². The van der Waals surface area contributed by atoms with Crippen molar-refractivity contribution in [1.82, 2.24) is 4.90 Å². The Kier molecular flexibility index (Phi) is 4.25. The quantitative estimate of drug-likeness (QED) is 0.479. The molecule has 1 rings (SSSR count). The minimum Gasteiger partial charge on any atom is -0.380 e. The summed E-state index contributed by atoms with van der Waals surface area (Å²) in [5, 5.41) is 0. The summed E-state index contributed by atoms with van der Waals surface area (Å²) < 4.78 is 5.33. The number of ether oxygens (including phenoxy) is 1. The molecule has 0 radical (unpaired) electrons. The summed E-state index contributed by atoms with van der Waals surface area (Å²) in [6.45, 7) is 7.32. The first kappa shape index (κ1) is 9.68. The van der Waals surface area contributed by atoms with E-state index >= 15 is 0 Å². The molecule has 1 aliphatic heterocycles. The Morgan fingerprint density at radius 1 is 1.50 bits per heavy atom. The highest BCUT2D eigenvalue weighted by molar-refractivity contribution is 7.80. The molecule has 0 amide bonds. The van der Waals surface area contributed by atoms with Crippen molar-refractivity contribution >= 4 is 17.2 Å². The SMILES string of the molecule is C=CCC(=S)N1CCCOCC1. The highest BCUT2D eigenvalue weighted by Crippen LogP contribution is 2.03. The van der Waals surface area contributed by atoms with E-state index in [-0.39, 0.29) is 0 Å². The molecule has 0 unspecified atom stereocenters. The third-order valence-electron chi connectivity index (χ3n) is 1.89. The Morgan fingerprint density at radius 3 is 3.08 bits per heavy atom. The van der Waals surface area contributed by atoms with Gasteiger partial charge < -0.3 is 9.64 Å². The first-order valence-electron chi connectivity index (χ1n) is 4.31. The van der Waals surface area contributed by atoms with E-state index in [0.717, 1.165) is 44.1 Å². The summed E-state index contributed by atoms with van der Waals surface area (Å²) in [6.07, 6.45) is 3.75. The molecule has 0 aromatic carbocycles. The second-order valence-electron chi connectivity index (χ2n) is 2.84. The van der Waals surface area contributed by atoms with E-state index in [1.165, 1.54) is 0 Å². The predicted molar refractivity (Wildman–Crippen MR) is 54.4 cm³/mol. The van der Waals surface area contributed by atoms with Gasteiger partial charge in [-0.05, 0) is 6.42 Å². The zero-order valence-corrected chi connectivity index (χ0v) is 8.11. The lowest BCUT2D eigenvalue weighted by Crippen LogP contribution is -2.31. The van der Waals surface area contributed by atoms with Gasteiger partial charge in [-0.2, -0.15) is 0 Å². The lowest BCUT2D eigenvalue weighted by molar-refractivity contribution is 0.147. The summed E-state index contributed by atoms with van der Waals surface area (Å²) in [7, 11) is 0. The highest BCUT2D eigenvalue weighted by atomic mass is 32.1. The Bertz CT molecular complexity index is 162. The molecule has 0 aromatic heterocycles. The predicted octanol–water partition coefficient (Wildman–Crippen LogP) is 1.61. The molecule has 0 atom stereocenters. The van der Waals surface area contributed by atoms with Crippen LogP contribution in [-0.2, 0) is 4.74 Å². The fraction of sp³-hybridized carbons (Fsp3) is 0.667. The fourth-order valence-electron chi connectivity index (χ4n) is 1.25. The van der Waals surface area contributed by atoms with Crippen LogP contribution in [0.2, 0.25) is 0 Å². The molecule has 1 heterocycles. The van der Waals surface area contributed by atoms with Crippen molar-refractivity contribution in [2.24, 2.45) is 0 Å². The molecule has 1 fully saturated rings. The largest absolute Gasteiger partial charge is 0.380 e. The minimum atomic E-state index is 0.803. The van der Waals surface area contributed by atoms with Crippen molar-refractivity contribution < 1.29 is 4.74 Å². The first-order chi connectivity index (χ1) is 5.84. The van der Waals surface area contributed by atoms with Gasteiger partial charge in [-0.1, -0.05) is 18.3 Å². The van der Waals surface area contributed by atoms with Gasteiger partial charge in [0.1, 0.15) is 0 Å². The van der Waals surface area contributed by atoms with Crippen LogP contribution in [0.3, 0.4) is 0 Å². The number of thiocarbonyl (C=S) groups is 1. The van der Waals surface area contributed by atoms with E-state index < -0.39 is 0 Å². The summed E-state index contributed by atoms with van der Waals surface area (Å²) in [5.74, 6) is 0. The van der Waals surface area contributed by atoms with Gasteiger partial charge in [-0.25, -0.2) is 0 Å². The summed E-state index contributed by atoms with van der Waals surface area (Å²) in [6, 6.07) is 0. The molecule has 0 N–H and O–H groups in total. The molecule has 1 saturated heterocycles. The van der Waals surface area contributed by atoms with E-state index in [2.05, 4.69) is 11.5 Å². The third kappa shape index (κ3) is 2.91. The number of nitrogens with zero attached hydrogens (tertiary/aromatic N) is 1. The minimum absolute atomic E-state index is 0.803. The normalized spacial score (nSPS) is 18.5. The van der Waals surface area contributed by atoms with Gasteiger partial charge >= 0.3 is 0 Å². The molecule has 0 bridgehead atoms. The van der Waals surface area contributed by atoms with Crippen LogP contribution in [0.25, 0.3) is 0 Å². The maximum Gasteiger partial charge on any atom is 0.0818 e. The van der Waals surface area contributed by atoms with E-state index in [9.17, 15) is 0 Å². The molecule has 68 valence electrons.